The fourth-order valence-electron chi connectivity index (χ4n) is 2.04. The zero-order valence-corrected chi connectivity index (χ0v) is 15.6. The number of furan rings is 1. The molecule has 2 rings (SSSR count). The Hall–Kier alpha value is -1.36. The Morgan fingerprint density at radius 2 is 1.83 bits per heavy atom. The van der Waals surface area contributed by atoms with Gasteiger partial charge in [-0.05, 0) is 46.3 Å². The van der Waals surface area contributed by atoms with Crippen LogP contribution in [-0.2, 0) is 26.4 Å². The number of halogens is 1. The molecule has 1 heterocycles. The smallest absolute Gasteiger partial charge is 0.238 e. The van der Waals surface area contributed by atoms with Gasteiger partial charge in [-0.15, -0.1) is 0 Å². The summed E-state index contributed by atoms with van der Waals surface area (Å²) in [5, 5.41) is 5.07. The van der Waals surface area contributed by atoms with Crippen LogP contribution >= 0.6 is 15.9 Å². The summed E-state index contributed by atoms with van der Waals surface area (Å²) in [6.45, 7) is 0.308. The molecule has 0 radical (unpaired) electrons. The number of hydrogen-bond acceptors (Lipinski definition) is 6. The number of nitrogens with zero attached hydrogens (tertiary/aromatic N) is 1. The van der Waals surface area contributed by atoms with Crippen LogP contribution in [-0.4, -0.2) is 30.1 Å². The minimum atomic E-state index is -3.99. The fourth-order valence-corrected chi connectivity index (χ4v) is 3.94. The number of sulfone groups is 1. The van der Waals surface area contributed by atoms with Crippen LogP contribution in [0.4, 0.5) is 5.69 Å². The summed E-state index contributed by atoms with van der Waals surface area (Å²) in [6.07, 6.45) is 1.01. The van der Waals surface area contributed by atoms with Crippen molar-refractivity contribution in [2.45, 2.75) is 16.3 Å². The van der Waals surface area contributed by atoms with Gasteiger partial charge >= 0.3 is 0 Å². The third-order valence-corrected chi connectivity index (χ3v) is 5.56. The molecule has 0 bridgehead atoms. The molecule has 7 nitrogen and oxygen atoms in total. The van der Waals surface area contributed by atoms with Gasteiger partial charge in [0.25, 0.3) is 0 Å². The molecule has 1 aromatic heterocycles. The van der Waals surface area contributed by atoms with Crippen LogP contribution in [0.2, 0.25) is 0 Å². The maximum absolute atomic E-state index is 12.0. The van der Waals surface area contributed by atoms with Gasteiger partial charge in [-0.1, -0.05) is 0 Å². The molecule has 1 aromatic carbocycles. The average Bonchev–Trinajstić information content (AvgIpc) is 2.81. The van der Waals surface area contributed by atoms with Crippen molar-refractivity contribution in [3.8, 4) is 0 Å². The average molecular weight is 423 g/mol. The van der Waals surface area contributed by atoms with Crippen molar-refractivity contribution in [2.75, 3.05) is 18.2 Å². The van der Waals surface area contributed by atoms with Gasteiger partial charge in [-0.3, -0.25) is 0 Å². The quantitative estimate of drug-likeness (QED) is 0.784. The number of benzene rings is 1. The van der Waals surface area contributed by atoms with Gasteiger partial charge in [0.15, 0.2) is 14.5 Å². The van der Waals surface area contributed by atoms with Gasteiger partial charge in [0.1, 0.15) is 5.76 Å². The third kappa shape index (κ3) is 4.34. The highest BCUT2D eigenvalue weighted by Gasteiger charge is 2.20. The first-order chi connectivity index (χ1) is 10.5. The zero-order valence-electron chi connectivity index (χ0n) is 12.4. The lowest BCUT2D eigenvalue weighted by molar-refractivity contribution is 0.486. The second-order valence-electron chi connectivity index (χ2n) is 5.01. The fraction of sp³-hybridized carbons (Fsp3) is 0.231. The van der Waals surface area contributed by atoms with Gasteiger partial charge in [-0.2, -0.15) is 0 Å². The van der Waals surface area contributed by atoms with Gasteiger partial charge in [0, 0.05) is 13.3 Å². The topological polar surface area (TPSA) is 111 Å². The third-order valence-electron chi connectivity index (χ3n) is 3.09. The summed E-state index contributed by atoms with van der Waals surface area (Å²) in [4.78, 5) is 1.28. The van der Waals surface area contributed by atoms with Crippen LogP contribution in [0.3, 0.4) is 0 Å². The summed E-state index contributed by atoms with van der Waals surface area (Å²) >= 11 is 3.19. The Morgan fingerprint density at radius 1 is 1.17 bits per heavy atom. The van der Waals surface area contributed by atoms with Crippen molar-refractivity contribution in [2.24, 2.45) is 5.14 Å². The number of primary sulfonamides is 1. The van der Waals surface area contributed by atoms with Gasteiger partial charge in [0.2, 0.25) is 10.0 Å². The molecular weight excluding hydrogens is 408 g/mol. The molecule has 0 saturated carbocycles. The summed E-state index contributed by atoms with van der Waals surface area (Å²) in [7, 11) is -5.96. The maximum Gasteiger partial charge on any atom is 0.238 e. The van der Waals surface area contributed by atoms with E-state index in [9.17, 15) is 16.8 Å². The van der Waals surface area contributed by atoms with E-state index in [1.807, 2.05) is 0 Å². The van der Waals surface area contributed by atoms with Crippen molar-refractivity contribution in [3.63, 3.8) is 0 Å². The second kappa shape index (κ2) is 6.27. The number of anilines is 1. The number of rotatable bonds is 5. The molecule has 0 saturated heterocycles. The van der Waals surface area contributed by atoms with Crippen LogP contribution in [0.5, 0.6) is 0 Å². The molecule has 0 spiro atoms. The molecule has 0 aliphatic rings. The van der Waals surface area contributed by atoms with Crippen LogP contribution in [0.1, 0.15) is 5.76 Å². The van der Waals surface area contributed by atoms with Crippen LogP contribution in [0.15, 0.2) is 49.2 Å². The predicted molar refractivity (Wildman–Crippen MR) is 89.4 cm³/mol. The predicted octanol–water partition coefficient (Wildman–Crippen LogP) is 1.73. The van der Waals surface area contributed by atoms with Crippen molar-refractivity contribution in [1.29, 1.82) is 0 Å². The molecule has 23 heavy (non-hydrogen) atoms. The Balaban J connectivity index is 2.49. The lowest BCUT2D eigenvalue weighted by atomic mass is 10.3. The van der Waals surface area contributed by atoms with E-state index in [2.05, 4.69) is 15.9 Å². The molecule has 10 heteroatoms. The first-order valence-electron chi connectivity index (χ1n) is 6.31. The number of hydrogen-bond donors (Lipinski definition) is 1. The summed E-state index contributed by atoms with van der Waals surface area (Å²) in [5.74, 6) is 0.620. The molecule has 0 amide bonds. The Kier molecular flexibility index (Phi) is 4.90. The SMILES string of the molecule is CN(Cc1ccc(Br)o1)c1ccc(S(N)(=O)=O)cc1S(C)(=O)=O. The van der Waals surface area contributed by atoms with Crippen molar-refractivity contribution in [3.05, 3.63) is 40.8 Å². The maximum atomic E-state index is 12.0. The molecule has 0 fully saturated rings. The second-order valence-corrected chi connectivity index (χ2v) is 9.34. The Morgan fingerprint density at radius 3 is 2.30 bits per heavy atom. The Labute approximate surface area is 143 Å². The largest absolute Gasteiger partial charge is 0.452 e. The minimum Gasteiger partial charge on any atom is -0.452 e. The summed E-state index contributed by atoms with van der Waals surface area (Å²) in [6, 6.07) is 7.22. The van der Waals surface area contributed by atoms with E-state index >= 15 is 0 Å². The van der Waals surface area contributed by atoms with E-state index in [1.165, 1.54) is 12.1 Å². The first-order valence-corrected chi connectivity index (χ1v) is 10.5. The lowest BCUT2D eigenvalue weighted by Gasteiger charge is -2.21. The van der Waals surface area contributed by atoms with Crippen LogP contribution in [0, 0.1) is 0 Å². The molecule has 2 N–H and O–H groups in total. The normalized spacial score (nSPS) is 12.3. The highest BCUT2D eigenvalue weighted by molar-refractivity contribution is 9.10. The Bertz CT molecular complexity index is 935. The number of nitrogens with two attached hydrogens (primary N) is 1. The van der Waals surface area contributed by atoms with E-state index in [4.69, 9.17) is 9.56 Å². The summed E-state index contributed by atoms with van der Waals surface area (Å²) < 4.78 is 52.8. The van der Waals surface area contributed by atoms with E-state index < -0.39 is 19.9 Å². The lowest BCUT2D eigenvalue weighted by Crippen LogP contribution is -2.20. The van der Waals surface area contributed by atoms with E-state index in [0.717, 1.165) is 12.3 Å². The highest BCUT2D eigenvalue weighted by Crippen LogP contribution is 2.28. The van der Waals surface area contributed by atoms with Crippen molar-refractivity contribution < 1.29 is 21.3 Å². The van der Waals surface area contributed by atoms with Gasteiger partial charge < -0.3 is 9.32 Å². The molecule has 0 aliphatic heterocycles. The molecule has 0 atom stereocenters. The van der Waals surface area contributed by atoms with E-state index in [0.29, 0.717) is 22.7 Å². The molecule has 0 aliphatic carbocycles. The zero-order chi connectivity index (χ0) is 17.4. The van der Waals surface area contributed by atoms with Gasteiger partial charge in [-0.25, -0.2) is 22.0 Å². The molecular formula is C13H15BrN2O5S2. The highest BCUT2D eigenvalue weighted by atomic mass is 79.9. The van der Waals surface area contributed by atoms with E-state index in [-0.39, 0.29) is 9.79 Å². The standard InChI is InChI=1S/C13H15BrN2O5S2/c1-16(8-9-3-6-13(14)21-9)11-5-4-10(23(15,19)20)7-12(11)22(2,17)18/h3-7H,8H2,1-2H3,(H2,15,19,20). The number of sulfonamides is 1. The minimum absolute atomic E-state index is 0.114. The molecule has 0 unspecified atom stereocenters. The van der Waals surface area contributed by atoms with Crippen LogP contribution in [0.25, 0.3) is 0 Å². The van der Waals surface area contributed by atoms with Crippen LogP contribution < -0.4 is 10.0 Å². The summed E-state index contributed by atoms with van der Waals surface area (Å²) in [5.41, 5.74) is 0.354. The molecule has 126 valence electrons. The monoisotopic (exact) mass is 422 g/mol. The molecule has 2 aromatic rings. The van der Waals surface area contributed by atoms with Crippen molar-refractivity contribution in [1.82, 2.24) is 0 Å². The van der Waals surface area contributed by atoms with E-state index in [1.54, 1.807) is 24.1 Å². The van der Waals surface area contributed by atoms with Crippen molar-refractivity contribution >= 4 is 41.5 Å². The first kappa shape index (κ1) is 18.0. The van der Waals surface area contributed by atoms with Gasteiger partial charge in [0.05, 0.1) is 22.0 Å².